The van der Waals surface area contributed by atoms with E-state index in [2.05, 4.69) is 206 Å². The van der Waals surface area contributed by atoms with Crippen molar-refractivity contribution in [2.45, 2.75) is 6.92 Å². The van der Waals surface area contributed by atoms with Gasteiger partial charge in [-0.15, -0.1) is 0 Å². The van der Waals surface area contributed by atoms with Crippen molar-refractivity contribution in [1.82, 2.24) is 0 Å². The number of nitrogens with zero attached hydrogens (tertiary/aromatic N) is 2. The SMILES string of the molecule is C=Cc1cc(N(c2ccc(C#N)cc2)c2ccc3cc(-c4ccc5c(-c6cccc7ccccc67)c6ccccc6c(-c6cccc7ccccc67)c5c4)ccc3c2)ccc1/C=C/C. The summed E-state index contributed by atoms with van der Waals surface area (Å²) < 4.78 is 0. The number of hydrogen-bond acceptors (Lipinski definition) is 2. The molecule has 0 heterocycles. The number of hydrogen-bond donors (Lipinski definition) is 0. The van der Waals surface area contributed by atoms with Crippen molar-refractivity contribution in [3.8, 4) is 39.4 Å². The van der Waals surface area contributed by atoms with Gasteiger partial charge in [-0.3, -0.25) is 0 Å². The van der Waals surface area contributed by atoms with Crippen LogP contribution in [0.1, 0.15) is 23.6 Å². The van der Waals surface area contributed by atoms with Gasteiger partial charge < -0.3 is 4.90 Å². The van der Waals surface area contributed by atoms with Gasteiger partial charge >= 0.3 is 0 Å². The summed E-state index contributed by atoms with van der Waals surface area (Å²) >= 11 is 0. The van der Waals surface area contributed by atoms with E-state index in [1.807, 2.05) is 43.3 Å². The van der Waals surface area contributed by atoms with E-state index in [0.717, 1.165) is 50.1 Å². The third-order valence-electron chi connectivity index (χ3n) is 12.7. The summed E-state index contributed by atoms with van der Waals surface area (Å²) in [6.07, 6.45) is 6.06. The zero-order chi connectivity index (χ0) is 43.1. The van der Waals surface area contributed by atoms with Crippen molar-refractivity contribution in [2.24, 2.45) is 0 Å². The van der Waals surface area contributed by atoms with Crippen LogP contribution in [-0.2, 0) is 0 Å². The number of benzene rings is 11. The second-order valence-electron chi connectivity index (χ2n) is 16.4. The Balaban J connectivity index is 1.10. The van der Waals surface area contributed by atoms with Gasteiger partial charge in [0.15, 0.2) is 0 Å². The van der Waals surface area contributed by atoms with Gasteiger partial charge in [0, 0.05) is 17.1 Å². The highest BCUT2D eigenvalue weighted by Gasteiger charge is 2.21. The van der Waals surface area contributed by atoms with E-state index < -0.39 is 0 Å². The molecule has 0 N–H and O–H groups in total. The van der Waals surface area contributed by atoms with E-state index in [1.165, 1.54) is 65.3 Å². The van der Waals surface area contributed by atoms with Crippen LogP contribution in [0.5, 0.6) is 0 Å². The fourth-order valence-electron chi connectivity index (χ4n) is 9.72. The van der Waals surface area contributed by atoms with Crippen LogP contribution in [0.2, 0.25) is 0 Å². The number of anilines is 3. The van der Waals surface area contributed by atoms with Crippen LogP contribution >= 0.6 is 0 Å². The number of allylic oxidation sites excluding steroid dienone is 1. The third-order valence-corrected chi connectivity index (χ3v) is 12.7. The number of nitriles is 1. The third kappa shape index (κ3) is 6.59. The van der Waals surface area contributed by atoms with E-state index in [-0.39, 0.29) is 0 Å². The summed E-state index contributed by atoms with van der Waals surface area (Å²) in [5.41, 5.74) is 13.1. The molecule has 11 aromatic rings. The summed E-state index contributed by atoms with van der Waals surface area (Å²) in [5.74, 6) is 0. The maximum atomic E-state index is 9.58. The minimum absolute atomic E-state index is 0.626. The van der Waals surface area contributed by atoms with Gasteiger partial charge in [-0.1, -0.05) is 170 Å². The molecular formula is C62H42N2. The molecule has 0 bridgehead atoms. The number of rotatable bonds is 8. The van der Waals surface area contributed by atoms with E-state index >= 15 is 0 Å². The van der Waals surface area contributed by atoms with Crippen LogP contribution in [0, 0.1) is 11.3 Å². The van der Waals surface area contributed by atoms with Crippen molar-refractivity contribution in [3.63, 3.8) is 0 Å². The van der Waals surface area contributed by atoms with Gasteiger partial charge in [-0.25, -0.2) is 0 Å². The zero-order valence-electron chi connectivity index (χ0n) is 35.5. The largest absolute Gasteiger partial charge is 0.310 e. The van der Waals surface area contributed by atoms with Crippen LogP contribution in [-0.4, -0.2) is 0 Å². The molecule has 11 rings (SSSR count). The topological polar surface area (TPSA) is 27.0 Å². The Morgan fingerprint density at radius 1 is 0.422 bits per heavy atom. The molecule has 0 saturated heterocycles. The molecule has 2 nitrogen and oxygen atoms in total. The van der Waals surface area contributed by atoms with Crippen LogP contribution in [0.25, 0.3) is 99.4 Å². The lowest BCUT2D eigenvalue weighted by Gasteiger charge is -2.26. The smallest absolute Gasteiger partial charge is 0.0991 e. The fraction of sp³-hybridized carbons (Fsp3) is 0.0161. The average Bonchev–Trinajstić information content (AvgIpc) is 3.35. The minimum atomic E-state index is 0.626. The average molecular weight is 815 g/mol. The van der Waals surface area contributed by atoms with Gasteiger partial charge in [-0.2, -0.15) is 5.26 Å². The Kier molecular flexibility index (Phi) is 9.65. The van der Waals surface area contributed by atoms with Crippen molar-refractivity contribution < 1.29 is 0 Å². The second-order valence-corrected chi connectivity index (χ2v) is 16.4. The van der Waals surface area contributed by atoms with E-state index in [4.69, 9.17) is 0 Å². The summed E-state index contributed by atoms with van der Waals surface area (Å²) in [4.78, 5) is 2.25. The Bertz CT molecular complexity index is 3700. The highest BCUT2D eigenvalue weighted by Crippen LogP contribution is 2.48. The molecule has 64 heavy (non-hydrogen) atoms. The normalized spacial score (nSPS) is 11.5. The molecule has 0 radical (unpaired) electrons. The summed E-state index contributed by atoms with van der Waals surface area (Å²) in [6.45, 7) is 6.15. The Hall–Kier alpha value is -8.51. The van der Waals surface area contributed by atoms with Crippen LogP contribution < -0.4 is 4.90 Å². The second kappa shape index (κ2) is 16.1. The minimum Gasteiger partial charge on any atom is -0.310 e. The predicted molar refractivity (Wildman–Crippen MR) is 274 cm³/mol. The molecule has 0 aromatic heterocycles. The summed E-state index contributed by atoms with van der Waals surface area (Å²) in [5, 5.41) is 21.8. The zero-order valence-corrected chi connectivity index (χ0v) is 35.5. The first kappa shape index (κ1) is 38.4. The monoisotopic (exact) mass is 814 g/mol. The molecule has 0 atom stereocenters. The molecule has 11 aromatic carbocycles. The van der Waals surface area contributed by atoms with E-state index in [9.17, 15) is 5.26 Å². The van der Waals surface area contributed by atoms with E-state index in [0.29, 0.717) is 5.56 Å². The molecule has 0 aliphatic rings. The lowest BCUT2D eigenvalue weighted by atomic mass is 9.83. The van der Waals surface area contributed by atoms with Crippen molar-refractivity contribution in [2.75, 3.05) is 4.90 Å². The summed E-state index contributed by atoms with van der Waals surface area (Å²) in [6, 6.07) is 76.9. The maximum absolute atomic E-state index is 9.58. The predicted octanol–water partition coefficient (Wildman–Crippen LogP) is 17.5. The van der Waals surface area contributed by atoms with Crippen molar-refractivity contribution >= 4 is 83.1 Å². The first-order valence-electron chi connectivity index (χ1n) is 21.8. The molecular weight excluding hydrogens is 773 g/mol. The van der Waals surface area contributed by atoms with Crippen LogP contribution in [0.15, 0.2) is 219 Å². The molecule has 0 unspecified atom stereocenters. The summed E-state index contributed by atoms with van der Waals surface area (Å²) in [7, 11) is 0. The molecule has 300 valence electrons. The highest BCUT2D eigenvalue weighted by atomic mass is 15.1. The molecule has 0 amide bonds. The van der Waals surface area contributed by atoms with Crippen molar-refractivity contribution in [1.29, 1.82) is 5.26 Å². The lowest BCUT2D eigenvalue weighted by Crippen LogP contribution is -2.10. The Labute approximate surface area is 373 Å². The molecule has 0 aliphatic heterocycles. The lowest BCUT2D eigenvalue weighted by molar-refractivity contribution is 1.28. The van der Waals surface area contributed by atoms with Gasteiger partial charge in [0.25, 0.3) is 0 Å². The quantitative estimate of drug-likeness (QED) is 0.143. The number of fused-ring (bicyclic) bond motifs is 5. The maximum Gasteiger partial charge on any atom is 0.0991 e. The molecule has 2 heteroatoms. The highest BCUT2D eigenvalue weighted by molar-refractivity contribution is 6.25. The Morgan fingerprint density at radius 2 is 0.938 bits per heavy atom. The fourth-order valence-corrected chi connectivity index (χ4v) is 9.72. The first-order chi connectivity index (χ1) is 31.6. The standard InChI is InChI=1S/C62H42N2/c1-3-13-43-28-33-51(37-42(43)4-2)64(50-31-24-41(40-63)25-32-50)52-34-29-47-36-46(26-27-48(47)38-52)49-30-35-59-60(39-49)62(56-23-12-17-45-15-6-8-19-54(45)56)58-21-10-9-20-57(58)61(59)55-22-11-16-44-14-5-7-18-53(44)55/h3-39H,2H2,1H3/b13-3+. The first-order valence-corrected chi connectivity index (χ1v) is 21.8. The molecule has 0 aliphatic carbocycles. The van der Waals surface area contributed by atoms with Gasteiger partial charge in [-0.05, 0) is 166 Å². The molecule has 0 saturated carbocycles. The van der Waals surface area contributed by atoms with Crippen LogP contribution in [0.4, 0.5) is 17.1 Å². The molecule has 0 fully saturated rings. The van der Waals surface area contributed by atoms with Gasteiger partial charge in [0.2, 0.25) is 0 Å². The van der Waals surface area contributed by atoms with E-state index in [1.54, 1.807) is 0 Å². The van der Waals surface area contributed by atoms with Gasteiger partial charge in [0.1, 0.15) is 0 Å². The van der Waals surface area contributed by atoms with Gasteiger partial charge in [0.05, 0.1) is 11.6 Å². The Morgan fingerprint density at radius 3 is 1.59 bits per heavy atom. The van der Waals surface area contributed by atoms with Crippen LogP contribution in [0.3, 0.4) is 0 Å². The molecule has 0 spiro atoms. The van der Waals surface area contributed by atoms with Crippen molar-refractivity contribution in [3.05, 3.63) is 236 Å².